The molecule has 0 aromatic carbocycles. The van der Waals surface area contributed by atoms with Gasteiger partial charge in [0, 0.05) is 0 Å². The Labute approximate surface area is 147 Å². The van der Waals surface area contributed by atoms with Gasteiger partial charge in [0.2, 0.25) is 26.6 Å². The molecule has 0 spiro atoms. The number of nitrogens with zero attached hydrogens (tertiary/aromatic N) is 1. The Morgan fingerprint density at radius 2 is 1.80 bits per heavy atom. The van der Waals surface area contributed by atoms with Gasteiger partial charge < -0.3 is 0 Å². The molecule has 2 rings (SSSR count). The standard InChI is InChI=1S/C11H17N7O5S2/c12-25(22,23)6-4-2-1-3-5(6)7(19)15-16-9(21)8(20)13-10-14-11(24)18-17-10/h5-6H,1-4H2,(H,15,19)(H,16,21)(H2,12,22,23)(H3,13,14,17,18,20,24)/t5-,6-/m1/s1. The fourth-order valence-corrected chi connectivity index (χ4v) is 3.91. The zero-order valence-corrected chi connectivity index (χ0v) is 14.5. The number of carbonyl (C=O) groups excluding carboxylic acids is 3. The highest BCUT2D eigenvalue weighted by Gasteiger charge is 2.38. The Balaban J connectivity index is 1.90. The highest BCUT2D eigenvalue weighted by Crippen LogP contribution is 2.28. The molecule has 138 valence electrons. The molecule has 1 aliphatic rings. The topological polar surface area (TPSA) is 192 Å². The fraction of sp³-hybridized carbons (Fsp3) is 0.545. The monoisotopic (exact) mass is 391 g/mol. The first kappa shape index (κ1) is 19.0. The predicted molar refractivity (Wildman–Crippen MR) is 87.5 cm³/mol. The summed E-state index contributed by atoms with van der Waals surface area (Å²) in [5.74, 6) is -3.96. The lowest BCUT2D eigenvalue weighted by Crippen LogP contribution is -2.52. The zero-order chi connectivity index (χ0) is 18.6. The number of aromatic amines is 2. The van der Waals surface area contributed by atoms with Gasteiger partial charge >= 0.3 is 11.8 Å². The average molecular weight is 391 g/mol. The number of nitrogens with two attached hydrogens (primary N) is 1. The molecule has 14 heteroatoms. The first-order valence-electron chi connectivity index (χ1n) is 7.26. The number of sulfonamides is 1. The van der Waals surface area contributed by atoms with Crippen molar-refractivity contribution in [2.75, 3.05) is 5.32 Å². The van der Waals surface area contributed by atoms with Gasteiger partial charge in [-0.15, -0.1) is 0 Å². The maximum atomic E-state index is 12.1. The van der Waals surface area contributed by atoms with Crippen LogP contribution < -0.4 is 21.3 Å². The second-order valence-corrected chi connectivity index (χ2v) is 7.60. The first-order chi connectivity index (χ1) is 11.7. The molecule has 0 bridgehead atoms. The number of hydrogen-bond donors (Lipinski definition) is 6. The molecule has 2 atom stereocenters. The minimum atomic E-state index is -3.89. The normalized spacial score (nSPS) is 20.5. The van der Waals surface area contributed by atoms with Crippen LogP contribution in [-0.2, 0) is 24.4 Å². The second-order valence-electron chi connectivity index (χ2n) is 5.43. The summed E-state index contributed by atoms with van der Waals surface area (Å²) < 4.78 is 23.2. The van der Waals surface area contributed by atoms with Crippen molar-refractivity contribution in [3.05, 3.63) is 4.77 Å². The molecule has 1 aliphatic carbocycles. The van der Waals surface area contributed by atoms with E-state index in [1.807, 2.05) is 10.9 Å². The minimum absolute atomic E-state index is 0.0713. The number of hydrogen-bond acceptors (Lipinski definition) is 7. The van der Waals surface area contributed by atoms with Gasteiger partial charge in [-0.2, -0.15) is 4.98 Å². The number of rotatable bonds is 3. The highest BCUT2D eigenvalue weighted by atomic mass is 32.2. The van der Waals surface area contributed by atoms with Crippen molar-refractivity contribution >= 4 is 45.9 Å². The summed E-state index contributed by atoms with van der Waals surface area (Å²) >= 11 is 4.68. The number of aromatic nitrogens is 3. The number of carbonyl (C=O) groups is 3. The number of H-pyrrole nitrogens is 2. The Morgan fingerprint density at radius 1 is 1.12 bits per heavy atom. The molecular weight excluding hydrogens is 374 g/mol. The van der Waals surface area contributed by atoms with Crippen LogP contribution >= 0.6 is 12.2 Å². The van der Waals surface area contributed by atoms with Gasteiger partial charge in [-0.1, -0.05) is 12.8 Å². The van der Waals surface area contributed by atoms with Crippen LogP contribution in [0.15, 0.2) is 0 Å². The van der Waals surface area contributed by atoms with Gasteiger partial charge in [-0.3, -0.25) is 40.7 Å². The SMILES string of the molecule is NS(=O)(=O)[C@@H]1CCCC[C@H]1C(=O)NNC(=O)C(=O)Nc1nc(=S)[nH][nH]1. The summed E-state index contributed by atoms with van der Waals surface area (Å²) in [6.07, 6.45) is 1.89. The first-order valence-corrected chi connectivity index (χ1v) is 9.27. The summed E-state index contributed by atoms with van der Waals surface area (Å²) in [7, 11) is -3.89. The summed E-state index contributed by atoms with van der Waals surface area (Å²) in [5.41, 5.74) is 3.96. The molecular formula is C11H17N7O5S2. The Bertz CT molecular complexity index is 830. The van der Waals surface area contributed by atoms with Crippen LogP contribution in [0.5, 0.6) is 0 Å². The smallest absolute Gasteiger partial charge is 0.286 e. The lowest BCUT2D eigenvalue weighted by molar-refractivity contribution is -0.139. The van der Waals surface area contributed by atoms with E-state index in [2.05, 4.69) is 32.7 Å². The maximum Gasteiger partial charge on any atom is 0.328 e. The molecule has 3 amide bonds. The quantitative estimate of drug-likeness (QED) is 0.203. The van der Waals surface area contributed by atoms with E-state index < -0.39 is 38.9 Å². The number of amides is 3. The minimum Gasteiger partial charge on any atom is -0.286 e. The number of anilines is 1. The van der Waals surface area contributed by atoms with Gasteiger partial charge in [0.1, 0.15) is 0 Å². The van der Waals surface area contributed by atoms with Crippen molar-refractivity contribution in [3.8, 4) is 0 Å². The van der Waals surface area contributed by atoms with E-state index in [1.165, 1.54) is 0 Å². The Morgan fingerprint density at radius 3 is 2.40 bits per heavy atom. The van der Waals surface area contributed by atoms with E-state index in [1.54, 1.807) is 0 Å². The molecule has 1 aromatic heterocycles. The van der Waals surface area contributed by atoms with E-state index >= 15 is 0 Å². The van der Waals surface area contributed by atoms with Crippen LogP contribution in [-0.4, -0.2) is 46.6 Å². The molecule has 12 nitrogen and oxygen atoms in total. The highest BCUT2D eigenvalue weighted by molar-refractivity contribution is 7.89. The molecule has 0 unspecified atom stereocenters. The van der Waals surface area contributed by atoms with Crippen molar-refractivity contribution in [3.63, 3.8) is 0 Å². The van der Waals surface area contributed by atoms with Crippen LogP contribution in [0, 0.1) is 10.7 Å². The molecule has 25 heavy (non-hydrogen) atoms. The molecule has 0 radical (unpaired) electrons. The molecule has 7 N–H and O–H groups in total. The van der Waals surface area contributed by atoms with E-state index in [0.717, 1.165) is 0 Å². The third kappa shape index (κ3) is 5.07. The lowest BCUT2D eigenvalue weighted by atomic mass is 9.88. The van der Waals surface area contributed by atoms with E-state index in [4.69, 9.17) is 5.14 Å². The van der Waals surface area contributed by atoms with Crippen molar-refractivity contribution in [1.29, 1.82) is 0 Å². The van der Waals surface area contributed by atoms with Crippen LogP contribution in [0.4, 0.5) is 5.95 Å². The van der Waals surface area contributed by atoms with Gasteiger partial charge in [-0.25, -0.2) is 13.6 Å². The Hall–Kier alpha value is -2.32. The molecule has 1 aromatic rings. The molecule has 0 saturated heterocycles. The molecule has 1 saturated carbocycles. The van der Waals surface area contributed by atoms with Crippen LogP contribution in [0.1, 0.15) is 25.7 Å². The van der Waals surface area contributed by atoms with E-state index in [0.29, 0.717) is 19.3 Å². The maximum absolute atomic E-state index is 12.1. The Kier molecular flexibility index (Phi) is 5.86. The zero-order valence-electron chi connectivity index (χ0n) is 12.9. The van der Waals surface area contributed by atoms with Crippen molar-refractivity contribution in [2.24, 2.45) is 11.1 Å². The van der Waals surface area contributed by atoms with Gasteiger partial charge in [0.25, 0.3) is 0 Å². The predicted octanol–water partition coefficient (Wildman–Crippen LogP) is -1.60. The van der Waals surface area contributed by atoms with Gasteiger partial charge in [0.15, 0.2) is 0 Å². The van der Waals surface area contributed by atoms with E-state index in [-0.39, 0.29) is 17.1 Å². The fourth-order valence-electron chi connectivity index (χ4n) is 2.55. The number of nitrogens with one attached hydrogen (secondary N) is 5. The lowest BCUT2D eigenvalue weighted by Gasteiger charge is -2.28. The number of hydrazine groups is 1. The third-order valence-electron chi connectivity index (χ3n) is 3.70. The summed E-state index contributed by atoms with van der Waals surface area (Å²) in [6, 6.07) is 0. The third-order valence-corrected chi connectivity index (χ3v) is 5.30. The average Bonchev–Trinajstić information content (AvgIpc) is 2.96. The van der Waals surface area contributed by atoms with Crippen LogP contribution in [0.2, 0.25) is 0 Å². The van der Waals surface area contributed by atoms with Crippen molar-refractivity contribution in [1.82, 2.24) is 26.0 Å². The van der Waals surface area contributed by atoms with Crippen LogP contribution in [0.3, 0.4) is 0 Å². The molecule has 1 fully saturated rings. The van der Waals surface area contributed by atoms with E-state index in [9.17, 15) is 22.8 Å². The summed E-state index contributed by atoms with van der Waals surface area (Å²) in [5, 5.41) is 11.1. The number of primary sulfonamides is 1. The van der Waals surface area contributed by atoms with Gasteiger partial charge in [0.05, 0.1) is 11.2 Å². The second kappa shape index (κ2) is 7.71. The van der Waals surface area contributed by atoms with Crippen molar-refractivity contribution < 1.29 is 22.8 Å². The summed E-state index contributed by atoms with van der Waals surface area (Å²) in [6.45, 7) is 0. The van der Waals surface area contributed by atoms with Crippen molar-refractivity contribution in [2.45, 2.75) is 30.9 Å². The largest absolute Gasteiger partial charge is 0.328 e. The van der Waals surface area contributed by atoms with Crippen LogP contribution in [0.25, 0.3) is 0 Å². The van der Waals surface area contributed by atoms with Gasteiger partial charge in [-0.05, 0) is 25.1 Å². The molecule has 0 aliphatic heterocycles. The summed E-state index contributed by atoms with van der Waals surface area (Å²) in [4.78, 5) is 39.1. The molecule has 1 heterocycles.